The Kier molecular flexibility index (Phi) is 5.06. The number of hydrogen-bond donors (Lipinski definition) is 1. The van der Waals surface area contributed by atoms with Crippen molar-refractivity contribution in [2.45, 2.75) is 13.0 Å². The molecule has 1 atom stereocenters. The van der Waals surface area contributed by atoms with Crippen LogP contribution in [0, 0.1) is 0 Å². The zero-order valence-corrected chi connectivity index (χ0v) is 19.2. The average Bonchev–Trinajstić information content (AvgIpc) is 3.26. The van der Waals surface area contributed by atoms with Crippen LogP contribution < -0.4 is 10.2 Å². The summed E-state index contributed by atoms with van der Waals surface area (Å²) in [6, 6.07) is 28.6. The molecule has 0 bridgehead atoms. The number of piperazine rings is 1. The lowest BCUT2D eigenvalue weighted by Gasteiger charge is -2.39. The number of nitrogens with one attached hydrogen (secondary N) is 1. The first-order valence-corrected chi connectivity index (χ1v) is 11.8. The maximum atomic E-state index is 14.0. The van der Waals surface area contributed by atoms with Crippen molar-refractivity contribution in [1.82, 2.24) is 14.5 Å². The van der Waals surface area contributed by atoms with Crippen LogP contribution in [0.5, 0.6) is 0 Å². The van der Waals surface area contributed by atoms with Gasteiger partial charge in [-0.25, -0.2) is 4.98 Å². The number of para-hydroxylation sites is 3. The Morgan fingerprint density at radius 2 is 1.50 bits per heavy atom. The molecule has 0 aliphatic carbocycles. The molecular weight excluding hydrogens is 422 g/mol. The molecule has 1 N–H and O–H groups in total. The number of amides is 1. The van der Waals surface area contributed by atoms with Crippen molar-refractivity contribution in [1.29, 1.82) is 0 Å². The van der Waals surface area contributed by atoms with E-state index in [0.717, 1.165) is 46.9 Å². The Morgan fingerprint density at radius 3 is 2.24 bits per heavy atom. The highest BCUT2D eigenvalue weighted by Crippen LogP contribution is 2.39. The van der Waals surface area contributed by atoms with Crippen molar-refractivity contribution < 1.29 is 4.79 Å². The van der Waals surface area contributed by atoms with Crippen LogP contribution in [0.2, 0.25) is 0 Å². The van der Waals surface area contributed by atoms with Gasteiger partial charge < -0.3 is 15.1 Å². The average molecular weight is 450 g/mol. The largest absolute Gasteiger partial charge is 0.368 e. The van der Waals surface area contributed by atoms with Crippen molar-refractivity contribution in [2.24, 2.45) is 0 Å². The third-order valence-electron chi connectivity index (χ3n) is 6.86. The Balaban J connectivity index is 1.36. The summed E-state index contributed by atoms with van der Waals surface area (Å²) in [5, 5.41) is 3.43. The summed E-state index contributed by atoms with van der Waals surface area (Å²) in [4.78, 5) is 23.2. The van der Waals surface area contributed by atoms with Gasteiger partial charge in [-0.15, -0.1) is 0 Å². The van der Waals surface area contributed by atoms with Gasteiger partial charge in [-0.05, 0) is 36.8 Å². The van der Waals surface area contributed by atoms with E-state index in [-0.39, 0.29) is 11.9 Å². The number of hydrogen-bond acceptors (Lipinski definition) is 4. The van der Waals surface area contributed by atoms with E-state index in [0.29, 0.717) is 13.1 Å². The summed E-state index contributed by atoms with van der Waals surface area (Å²) in [7, 11) is 0. The molecular formula is C28H27N5O. The summed E-state index contributed by atoms with van der Waals surface area (Å²) in [5.74, 6) is 0.869. The molecule has 2 aliphatic heterocycles. The molecule has 34 heavy (non-hydrogen) atoms. The number of nitrogens with zero attached hydrogens (tertiary/aromatic N) is 4. The molecule has 3 aromatic carbocycles. The van der Waals surface area contributed by atoms with E-state index in [1.807, 2.05) is 54.3 Å². The monoisotopic (exact) mass is 449 g/mol. The minimum atomic E-state index is -0.232. The summed E-state index contributed by atoms with van der Waals surface area (Å²) in [5.41, 5.74) is 5.89. The molecule has 3 heterocycles. The fourth-order valence-electron chi connectivity index (χ4n) is 5.17. The van der Waals surface area contributed by atoms with Crippen molar-refractivity contribution in [3.05, 3.63) is 102 Å². The summed E-state index contributed by atoms with van der Waals surface area (Å²) < 4.78 is 2.17. The lowest BCUT2D eigenvalue weighted by molar-refractivity contribution is -0.127. The quantitative estimate of drug-likeness (QED) is 0.494. The second kappa shape index (κ2) is 8.37. The highest BCUT2D eigenvalue weighted by Gasteiger charge is 2.36. The molecule has 1 fully saturated rings. The third kappa shape index (κ3) is 3.43. The lowest BCUT2D eigenvalue weighted by atomic mass is 9.93. The Morgan fingerprint density at radius 1 is 0.853 bits per heavy atom. The van der Waals surface area contributed by atoms with Gasteiger partial charge in [0.2, 0.25) is 5.95 Å². The van der Waals surface area contributed by atoms with Crippen LogP contribution in [-0.2, 0) is 4.79 Å². The zero-order chi connectivity index (χ0) is 23.1. The number of benzene rings is 3. The van der Waals surface area contributed by atoms with Gasteiger partial charge >= 0.3 is 0 Å². The van der Waals surface area contributed by atoms with Gasteiger partial charge in [0.05, 0.1) is 22.6 Å². The van der Waals surface area contributed by atoms with Crippen LogP contribution in [0.15, 0.2) is 96.2 Å². The van der Waals surface area contributed by atoms with Gasteiger partial charge in [-0.2, -0.15) is 0 Å². The standard InChI is InChI=1S/C28H27N5O/c1-20-25(27(34)32-18-16-31(17-19-32)22-12-6-3-7-13-22)26(21-10-4-2-5-11-21)33-24-15-9-8-14-23(24)30-28(33)29-20/h2-15,26H,16-19H2,1H3,(H,29,30)/t26-/m0/s1. The van der Waals surface area contributed by atoms with Crippen LogP contribution in [0.25, 0.3) is 11.0 Å². The van der Waals surface area contributed by atoms with Gasteiger partial charge in [0.15, 0.2) is 0 Å². The molecule has 6 nitrogen and oxygen atoms in total. The molecule has 1 aromatic heterocycles. The predicted octanol–water partition coefficient (Wildman–Crippen LogP) is 4.67. The number of carbonyl (C=O) groups is 1. The first-order valence-electron chi connectivity index (χ1n) is 11.8. The highest BCUT2D eigenvalue weighted by molar-refractivity contribution is 5.98. The van der Waals surface area contributed by atoms with E-state index >= 15 is 0 Å². The smallest absolute Gasteiger partial charge is 0.254 e. The van der Waals surface area contributed by atoms with Crippen molar-refractivity contribution in [3.63, 3.8) is 0 Å². The molecule has 1 amide bonds. The van der Waals surface area contributed by atoms with Gasteiger partial charge in [-0.1, -0.05) is 60.7 Å². The number of rotatable bonds is 3. The first kappa shape index (κ1) is 20.5. The maximum Gasteiger partial charge on any atom is 0.254 e. The van der Waals surface area contributed by atoms with Crippen molar-refractivity contribution in [3.8, 4) is 0 Å². The van der Waals surface area contributed by atoms with E-state index in [1.165, 1.54) is 5.69 Å². The predicted molar refractivity (Wildman–Crippen MR) is 136 cm³/mol. The highest BCUT2D eigenvalue weighted by atomic mass is 16.2. The molecule has 0 unspecified atom stereocenters. The number of fused-ring (bicyclic) bond motifs is 3. The third-order valence-corrected chi connectivity index (χ3v) is 6.86. The van der Waals surface area contributed by atoms with Crippen LogP contribution in [0.4, 0.5) is 11.6 Å². The zero-order valence-electron chi connectivity index (χ0n) is 19.2. The first-order chi connectivity index (χ1) is 16.7. The summed E-state index contributed by atoms with van der Waals surface area (Å²) >= 11 is 0. The molecule has 6 heteroatoms. The molecule has 0 spiro atoms. The molecule has 1 saturated heterocycles. The topological polar surface area (TPSA) is 53.4 Å². The van der Waals surface area contributed by atoms with Crippen LogP contribution >= 0.6 is 0 Å². The summed E-state index contributed by atoms with van der Waals surface area (Å²) in [6.07, 6.45) is 0. The number of anilines is 2. The lowest BCUT2D eigenvalue weighted by Crippen LogP contribution is -2.50. The SMILES string of the molecule is CC1=C(C(=O)N2CCN(c3ccccc3)CC2)[C@H](c2ccccc2)n2c(nc3ccccc32)N1. The minimum absolute atomic E-state index is 0.0926. The molecule has 6 rings (SSSR count). The van der Waals surface area contributed by atoms with E-state index in [4.69, 9.17) is 4.98 Å². The Hall–Kier alpha value is -4.06. The number of imidazole rings is 1. The van der Waals surface area contributed by atoms with Gasteiger partial charge in [0, 0.05) is 37.6 Å². The molecule has 2 aliphatic rings. The van der Waals surface area contributed by atoms with Gasteiger partial charge in [0.25, 0.3) is 5.91 Å². The second-order valence-electron chi connectivity index (χ2n) is 8.89. The fourth-order valence-corrected chi connectivity index (χ4v) is 5.17. The summed E-state index contributed by atoms with van der Waals surface area (Å²) in [6.45, 7) is 5.04. The van der Waals surface area contributed by atoms with E-state index < -0.39 is 0 Å². The van der Waals surface area contributed by atoms with Crippen LogP contribution in [0.1, 0.15) is 18.5 Å². The minimum Gasteiger partial charge on any atom is -0.368 e. The van der Waals surface area contributed by atoms with E-state index in [9.17, 15) is 4.79 Å². The van der Waals surface area contributed by atoms with E-state index in [1.54, 1.807) is 0 Å². The maximum absolute atomic E-state index is 14.0. The number of aromatic nitrogens is 2. The molecule has 170 valence electrons. The number of carbonyl (C=O) groups excluding carboxylic acids is 1. The van der Waals surface area contributed by atoms with Crippen LogP contribution in [-0.4, -0.2) is 46.5 Å². The molecule has 0 saturated carbocycles. The Labute approximate surface area is 199 Å². The molecule has 4 aromatic rings. The molecule has 0 radical (unpaired) electrons. The Bertz CT molecular complexity index is 1370. The normalized spacial score (nSPS) is 18.1. The fraction of sp³-hybridized carbons (Fsp3) is 0.214. The second-order valence-corrected chi connectivity index (χ2v) is 8.89. The van der Waals surface area contributed by atoms with Crippen molar-refractivity contribution in [2.75, 3.05) is 36.4 Å². The van der Waals surface area contributed by atoms with E-state index in [2.05, 4.69) is 57.2 Å². The van der Waals surface area contributed by atoms with Crippen LogP contribution in [0.3, 0.4) is 0 Å². The number of allylic oxidation sites excluding steroid dienone is 1. The van der Waals surface area contributed by atoms with Crippen molar-refractivity contribution >= 4 is 28.6 Å². The van der Waals surface area contributed by atoms with Gasteiger partial charge in [0.1, 0.15) is 0 Å². The van der Waals surface area contributed by atoms with Gasteiger partial charge in [-0.3, -0.25) is 9.36 Å².